The van der Waals surface area contributed by atoms with Gasteiger partial charge in [-0.3, -0.25) is 4.79 Å². The minimum Gasteiger partial charge on any atom is -0.481 e. The highest BCUT2D eigenvalue weighted by Gasteiger charge is 2.21. The zero-order chi connectivity index (χ0) is 14.7. The van der Waals surface area contributed by atoms with Crippen LogP contribution in [-0.2, 0) is 4.79 Å². The molecule has 0 bridgehead atoms. The second-order valence-electron chi connectivity index (χ2n) is 4.72. The Kier molecular flexibility index (Phi) is 4.82. The van der Waals surface area contributed by atoms with Gasteiger partial charge in [-0.1, -0.05) is 25.6 Å². The molecule has 0 saturated carbocycles. The molecule has 1 atom stereocenters. The van der Waals surface area contributed by atoms with Crippen LogP contribution in [0.15, 0.2) is 22.9 Å². The quantitative estimate of drug-likeness (QED) is 0.829. The van der Waals surface area contributed by atoms with Crippen LogP contribution in [0, 0.1) is 0 Å². The molecule has 0 saturated heterocycles. The highest BCUT2D eigenvalue weighted by atomic mass is 32.2. The molecule has 20 heavy (non-hydrogen) atoms. The van der Waals surface area contributed by atoms with Crippen LogP contribution in [0.5, 0.6) is 0 Å². The van der Waals surface area contributed by atoms with Crippen LogP contribution in [0.1, 0.15) is 43.4 Å². The van der Waals surface area contributed by atoms with E-state index in [1.54, 1.807) is 17.5 Å². The minimum atomic E-state index is -0.836. The van der Waals surface area contributed by atoms with Gasteiger partial charge in [0.15, 0.2) is 5.16 Å². The number of thioether (sulfide) groups is 1. The molecule has 1 unspecified atom stereocenters. The fourth-order valence-electron chi connectivity index (χ4n) is 1.96. The van der Waals surface area contributed by atoms with Crippen molar-refractivity contribution in [2.24, 2.45) is 0 Å². The van der Waals surface area contributed by atoms with Crippen LogP contribution in [0.3, 0.4) is 0 Å². The zero-order valence-electron chi connectivity index (χ0n) is 11.6. The molecule has 2 rings (SSSR count). The summed E-state index contributed by atoms with van der Waals surface area (Å²) < 4.78 is 2.09. The third kappa shape index (κ3) is 3.21. The molecule has 0 aromatic carbocycles. The highest BCUT2D eigenvalue weighted by Crippen LogP contribution is 2.31. The Bertz CT molecular complexity index is 578. The van der Waals surface area contributed by atoms with E-state index in [1.165, 1.54) is 11.8 Å². The molecule has 0 aliphatic carbocycles. The molecular formula is C13H17N3O2S2. The second-order valence-corrected chi connectivity index (χ2v) is 6.59. The SMILES string of the molecule is CC(C)c1cnc(SCC(=O)O)n1C(C)c1nccs1. The van der Waals surface area contributed by atoms with Gasteiger partial charge in [0, 0.05) is 23.5 Å². The number of thiazole rings is 1. The van der Waals surface area contributed by atoms with Crippen molar-refractivity contribution in [3.63, 3.8) is 0 Å². The fraction of sp³-hybridized carbons (Fsp3) is 0.462. The molecule has 0 fully saturated rings. The van der Waals surface area contributed by atoms with Crippen molar-refractivity contribution in [3.05, 3.63) is 28.5 Å². The largest absolute Gasteiger partial charge is 0.481 e. The summed E-state index contributed by atoms with van der Waals surface area (Å²) in [5.41, 5.74) is 1.10. The molecule has 0 aliphatic heterocycles. The van der Waals surface area contributed by atoms with Gasteiger partial charge in [-0.2, -0.15) is 0 Å². The number of rotatable bonds is 6. The van der Waals surface area contributed by atoms with Crippen molar-refractivity contribution < 1.29 is 9.90 Å². The van der Waals surface area contributed by atoms with E-state index >= 15 is 0 Å². The normalized spacial score (nSPS) is 12.8. The van der Waals surface area contributed by atoms with Crippen LogP contribution in [0.4, 0.5) is 0 Å². The Balaban J connectivity index is 2.36. The van der Waals surface area contributed by atoms with E-state index in [1.807, 2.05) is 11.6 Å². The maximum atomic E-state index is 10.8. The van der Waals surface area contributed by atoms with Crippen molar-refractivity contribution in [2.75, 3.05) is 5.75 Å². The van der Waals surface area contributed by atoms with Crippen molar-refractivity contribution in [1.82, 2.24) is 14.5 Å². The molecule has 5 nitrogen and oxygen atoms in total. The molecule has 2 aromatic rings. The van der Waals surface area contributed by atoms with Crippen LogP contribution >= 0.6 is 23.1 Å². The van der Waals surface area contributed by atoms with Gasteiger partial charge in [-0.25, -0.2) is 9.97 Å². The van der Waals surface area contributed by atoms with E-state index in [2.05, 4.69) is 35.3 Å². The van der Waals surface area contributed by atoms with Crippen molar-refractivity contribution in [2.45, 2.75) is 37.9 Å². The predicted octanol–water partition coefficient (Wildman–Crippen LogP) is 3.25. The first kappa shape index (κ1) is 15.1. The number of imidazole rings is 1. The Morgan fingerprint density at radius 2 is 2.20 bits per heavy atom. The van der Waals surface area contributed by atoms with E-state index in [0.717, 1.165) is 15.9 Å². The average Bonchev–Trinajstić information content (AvgIpc) is 3.04. The lowest BCUT2D eigenvalue weighted by Crippen LogP contribution is -2.13. The molecule has 2 heterocycles. The molecule has 0 aliphatic rings. The summed E-state index contributed by atoms with van der Waals surface area (Å²) in [6, 6.07) is 0.0613. The third-order valence-electron chi connectivity index (χ3n) is 2.90. The Morgan fingerprint density at radius 3 is 2.75 bits per heavy atom. The number of carboxylic acid groups (broad SMARTS) is 1. The van der Waals surface area contributed by atoms with Gasteiger partial charge in [0.1, 0.15) is 5.01 Å². The summed E-state index contributed by atoms with van der Waals surface area (Å²) in [6.07, 6.45) is 3.62. The van der Waals surface area contributed by atoms with E-state index in [9.17, 15) is 4.79 Å². The molecule has 0 spiro atoms. The van der Waals surface area contributed by atoms with E-state index in [-0.39, 0.29) is 11.8 Å². The van der Waals surface area contributed by atoms with Gasteiger partial charge in [0.25, 0.3) is 0 Å². The number of carboxylic acids is 1. The lowest BCUT2D eigenvalue weighted by molar-refractivity contribution is -0.133. The van der Waals surface area contributed by atoms with Gasteiger partial charge < -0.3 is 9.67 Å². The summed E-state index contributed by atoms with van der Waals surface area (Å²) in [7, 11) is 0. The lowest BCUT2D eigenvalue weighted by Gasteiger charge is -2.19. The molecule has 0 radical (unpaired) electrons. The monoisotopic (exact) mass is 311 g/mol. The van der Waals surface area contributed by atoms with Crippen LogP contribution in [0.25, 0.3) is 0 Å². The molecule has 2 aromatic heterocycles. The predicted molar refractivity (Wildman–Crippen MR) is 80.6 cm³/mol. The summed E-state index contributed by atoms with van der Waals surface area (Å²) in [5, 5.41) is 12.5. The van der Waals surface area contributed by atoms with E-state index in [4.69, 9.17) is 5.11 Å². The van der Waals surface area contributed by atoms with Gasteiger partial charge >= 0.3 is 5.97 Å². The first-order valence-corrected chi connectivity index (χ1v) is 8.18. The fourth-order valence-corrected chi connectivity index (χ4v) is 3.42. The average molecular weight is 311 g/mol. The second kappa shape index (κ2) is 6.41. The third-order valence-corrected chi connectivity index (χ3v) is 4.80. The van der Waals surface area contributed by atoms with E-state index < -0.39 is 5.97 Å². The maximum Gasteiger partial charge on any atom is 0.313 e. The van der Waals surface area contributed by atoms with Crippen molar-refractivity contribution in [1.29, 1.82) is 0 Å². The summed E-state index contributed by atoms with van der Waals surface area (Å²) in [6.45, 7) is 6.28. The molecule has 7 heteroatoms. The molecule has 1 N–H and O–H groups in total. The molecule has 108 valence electrons. The van der Waals surface area contributed by atoms with E-state index in [0.29, 0.717) is 5.92 Å². The van der Waals surface area contributed by atoms with Gasteiger partial charge in [0.2, 0.25) is 0 Å². The Morgan fingerprint density at radius 1 is 1.45 bits per heavy atom. The summed E-state index contributed by atoms with van der Waals surface area (Å²) in [5.74, 6) is -0.499. The highest BCUT2D eigenvalue weighted by molar-refractivity contribution is 7.99. The van der Waals surface area contributed by atoms with Crippen molar-refractivity contribution >= 4 is 29.1 Å². The van der Waals surface area contributed by atoms with Crippen LogP contribution in [0.2, 0.25) is 0 Å². The maximum absolute atomic E-state index is 10.8. The van der Waals surface area contributed by atoms with Crippen LogP contribution < -0.4 is 0 Å². The first-order chi connectivity index (χ1) is 9.50. The van der Waals surface area contributed by atoms with Gasteiger partial charge in [0.05, 0.1) is 11.8 Å². The Hall–Kier alpha value is -1.34. The lowest BCUT2D eigenvalue weighted by atomic mass is 10.1. The summed E-state index contributed by atoms with van der Waals surface area (Å²) >= 11 is 2.85. The first-order valence-electron chi connectivity index (χ1n) is 6.31. The van der Waals surface area contributed by atoms with Gasteiger partial charge in [-0.05, 0) is 12.8 Å². The number of aromatic nitrogens is 3. The van der Waals surface area contributed by atoms with Crippen LogP contribution in [-0.4, -0.2) is 31.4 Å². The topological polar surface area (TPSA) is 68.0 Å². The number of aliphatic carboxylic acids is 1. The zero-order valence-corrected chi connectivity index (χ0v) is 13.2. The number of hydrogen-bond donors (Lipinski definition) is 1. The van der Waals surface area contributed by atoms with Crippen molar-refractivity contribution in [3.8, 4) is 0 Å². The number of hydrogen-bond acceptors (Lipinski definition) is 5. The molecule has 0 amide bonds. The van der Waals surface area contributed by atoms with Gasteiger partial charge in [-0.15, -0.1) is 11.3 Å². The summed E-state index contributed by atoms with van der Waals surface area (Å²) in [4.78, 5) is 19.5. The molecular weight excluding hydrogens is 294 g/mol. The smallest absolute Gasteiger partial charge is 0.313 e. The minimum absolute atomic E-state index is 0.0130. The number of carbonyl (C=O) groups is 1. The number of nitrogens with zero attached hydrogens (tertiary/aromatic N) is 3. The Labute approximate surface area is 126 Å². The standard InChI is InChI=1S/C13H17N3O2S2/c1-8(2)10-6-15-13(20-7-11(17)18)16(10)9(3)12-14-4-5-19-12/h4-6,8-9H,7H2,1-3H3,(H,17,18).